The van der Waals surface area contributed by atoms with Crippen LogP contribution in [-0.2, 0) is 6.54 Å². The Hall–Kier alpha value is -2.72. The second-order valence-electron chi connectivity index (χ2n) is 6.95. The van der Waals surface area contributed by atoms with Gasteiger partial charge in [0.25, 0.3) is 0 Å². The first-order valence-corrected chi connectivity index (χ1v) is 11.1. The molecule has 0 amide bonds. The van der Waals surface area contributed by atoms with Crippen LogP contribution in [0, 0.1) is 0 Å². The number of rotatable bonds is 6. The van der Waals surface area contributed by atoms with Crippen LogP contribution < -0.4 is 15.5 Å². The summed E-state index contributed by atoms with van der Waals surface area (Å²) in [5.74, 6) is 2.13. The van der Waals surface area contributed by atoms with Crippen molar-refractivity contribution in [3.63, 3.8) is 0 Å². The molecule has 3 aromatic heterocycles. The van der Waals surface area contributed by atoms with Gasteiger partial charge in [0, 0.05) is 31.0 Å². The number of hydrogen-bond acceptors (Lipinski definition) is 8. The number of aromatic nitrogens is 4. The molecule has 0 spiro atoms. The maximum atomic E-state index is 5.42. The summed E-state index contributed by atoms with van der Waals surface area (Å²) >= 11 is 6.82. The Balaban J connectivity index is 1.53. The third kappa shape index (κ3) is 5.45. The molecule has 0 saturated carbocycles. The number of furan rings is 1. The highest BCUT2D eigenvalue weighted by atomic mass is 32.2. The van der Waals surface area contributed by atoms with E-state index in [0.717, 1.165) is 36.0 Å². The monoisotopic (exact) mass is 441 g/mol. The summed E-state index contributed by atoms with van der Waals surface area (Å²) in [6.07, 6.45) is 8.63. The summed E-state index contributed by atoms with van der Waals surface area (Å²) in [4.78, 5) is 20.3. The Labute approximate surface area is 184 Å². The Morgan fingerprint density at radius 1 is 1.27 bits per heavy atom. The molecule has 0 radical (unpaired) electrons. The van der Waals surface area contributed by atoms with Crippen LogP contribution >= 0.6 is 24.0 Å². The van der Waals surface area contributed by atoms with Crippen molar-refractivity contribution in [2.45, 2.75) is 49.0 Å². The van der Waals surface area contributed by atoms with Crippen molar-refractivity contribution >= 4 is 40.9 Å². The van der Waals surface area contributed by atoms with Crippen molar-refractivity contribution in [2.75, 3.05) is 16.8 Å². The fourth-order valence-corrected chi connectivity index (χ4v) is 4.14. The van der Waals surface area contributed by atoms with Crippen LogP contribution in [0.1, 0.15) is 31.9 Å². The molecular formula is C20H23N7OS2. The van der Waals surface area contributed by atoms with E-state index in [0.29, 0.717) is 28.8 Å². The van der Waals surface area contributed by atoms with Crippen molar-refractivity contribution in [1.29, 1.82) is 0 Å². The third-order valence-electron chi connectivity index (χ3n) is 4.75. The molecule has 8 nitrogen and oxygen atoms in total. The van der Waals surface area contributed by atoms with Gasteiger partial charge >= 0.3 is 0 Å². The van der Waals surface area contributed by atoms with Crippen LogP contribution in [0.4, 0.5) is 11.8 Å². The molecule has 156 valence electrons. The van der Waals surface area contributed by atoms with Gasteiger partial charge in [0.1, 0.15) is 16.6 Å². The zero-order valence-electron chi connectivity index (χ0n) is 16.6. The summed E-state index contributed by atoms with van der Waals surface area (Å²) in [5.41, 5.74) is 0. The van der Waals surface area contributed by atoms with Gasteiger partial charge in [-0.05, 0) is 68.4 Å². The summed E-state index contributed by atoms with van der Waals surface area (Å²) in [6.45, 7) is 3.70. The molecule has 1 aliphatic heterocycles. The zero-order chi connectivity index (χ0) is 20.8. The molecular weight excluding hydrogens is 418 g/mol. The quantitative estimate of drug-likeness (QED) is 0.333. The van der Waals surface area contributed by atoms with Crippen molar-refractivity contribution in [3.05, 3.63) is 48.7 Å². The highest BCUT2D eigenvalue weighted by molar-refractivity contribution is 7.99. The molecule has 30 heavy (non-hydrogen) atoms. The summed E-state index contributed by atoms with van der Waals surface area (Å²) in [5, 5.41) is 8.05. The van der Waals surface area contributed by atoms with Gasteiger partial charge < -0.3 is 20.0 Å². The van der Waals surface area contributed by atoms with Gasteiger partial charge in [0.05, 0.1) is 12.8 Å². The molecule has 4 rings (SSSR count). The average molecular weight is 442 g/mol. The van der Waals surface area contributed by atoms with Crippen LogP contribution in [0.3, 0.4) is 0 Å². The molecule has 3 aromatic rings. The maximum absolute atomic E-state index is 5.42. The zero-order valence-corrected chi connectivity index (χ0v) is 18.2. The van der Waals surface area contributed by atoms with Crippen LogP contribution in [0.2, 0.25) is 0 Å². The van der Waals surface area contributed by atoms with Crippen molar-refractivity contribution < 1.29 is 4.42 Å². The van der Waals surface area contributed by atoms with E-state index in [9.17, 15) is 0 Å². The summed E-state index contributed by atoms with van der Waals surface area (Å²) < 4.78 is 5.32. The van der Waals surface area contributed by atoms with Gasteiger partial charge in [0.15, 0.2) is 10.3 Å². The highest BCUT2D eigenvalue weighted by Crippen LogP contribution is 2.29. The number of thiocarbonyl (C=S) groups is 1. The standard InChI is InChI=1S/C20H23N7OS2/c1-14-6-2-3-10-27(14)16-12-17(30-20-21-8-5-9-22-20)25-18(24-16)26-19(29)23-13-15-7-4-11-28-15/h4-5,7-9,11-12,14H,2-3,6,10,13H2,1H3,(H2,23,24,25,26,29)/t14-/m1/s1. The minimum atomic E-state index is 0.427. The minimum absolute atomic E-state index is 0.427. The predicted molar refractivity (Wildman–Crippen MR) is 121 cm³/mol. The summed E-state index contributed by atoms with van der Waals surface area (Å²) in [7, 11) is 0. The lowest BCUT2D eigenvalue weighted by molar-refractivity contribution is 0.480. The molecule has 2 N–H and O–H groups in total. The molecule has 1 fully saturated rings. The molecule has 1 saturated heterocycles. The van der Waals surface area contributed by atoms with E-state index in [1.807, 2.05) is 18.2 Å². The van der Waals surface area contributed by atoms with Crippen molar-refractivity contribution in [3.8, 4) is 0 Å². The van der Waals surface area contributed by atoms with E-state index < -0.39 is 0 Å². The van der Waals surface area contributed by atoms with Crippen LogP contribution in [0.5, 0.6) is 0 Å². The fraction of sp³-hybridized carbons (Fsp3) is 0.350. The molecule has 10 heteroatoms. The lowest BCUT2D eigenvalue weighted by Gasteiger charge is -2.34. The van der Waals surface area contributed by atoms with Crippen molar-refractivity contribution in [2.24, 2.45) is 0 Å². The molecule has 1 atom stereocenters. The molecule has 0 aliphatic carbocycles. The molecule has 1 aliphatic rings. The van der Waals surface area contributed by atoms with E-state index in [1.165, 1.54) is 18.2 Å². The smallest absolute Gasteiger partial charge is 0.232 e. The Kier molecular flexibility index (Phi) is 6.75. The second kappa shape index (κ2) is 9.86. The number of piperidine rings is 1. The van der Waals surface area contributed by atoms with E-state index in [2.05, 4.69) is 37.4 Å². The Morgan fingerprint density at radius 3 is 2.90 bits per heavy atom. The largest absolute Gasteiger partial charge is 0.467 e. The molecule has 0 aromatic carbocycles. The molecule has 4 heterocycles. The van der Waals surface area contributed by atoms with Gasteiger partial charge in [-0.3, -0.25) is 0 Å². The van der Waals surface area contributed by atoms with Crippen LogP contribution in [0.15, 0.2) is 57.5 Å². The Bertz CT molecular complexity index is 969. The first-order chi connectivity index (χ1) is 14.7. The maximum Gasteiger partial charge on any atom is 0.232 e. The lowest BCUT2D eigenvalue weighted by Crippen LogP contribution is -2.38. The number of hydrogen-bond donors (Lipinski definition) is 2. The molecule has 0 bridgehead atoms. The lowest BCUT2D eigenvalue weighted by atomic mass is 10.0. The molecule has 0 unspecified atom stereocenters. The third-order valence-corrected chi connectivity index (χ3v) is 5.81. The van der Waals surface area contributed by atoms with E-state index in [-0.39, 0.29) is 0 Å². The second-order valence-corrected chi connectivity index (χ2v) is 8.34. The van der Waals surface area contributed by atoms with Gasteiger partial charge in [-0.1, -0.05) is 0 Å². The Morgan fingerprint density at radius 2 is 2.13 bits per heavy atom. The highest BCUT2D eigenvalue weighted by Gasteiger charge is 2.21. The van der Waals surface area contributed by atoms with Gasteiger partial charge in [-0.2, -0.15) is 4.98 Å². The summed E-state index contributed by atoms with van der Waals surface area (Å²) in [6, 6.07) is 7.94. The van der Waals surface area contributed by atoms with Gasteiger partial charge in [0.2, 0.25) is 5.95 Å². The predicted octanol–water partition coefficient (Wildman–Crippen LogP) is 3.88. The first-order valence-electron chi connectivity index (χ1n) is 9.85. The number of nitrogens with zero attached hydrogens (tertiary/aromatic N) is 5. The SMILES string of the molecule is C[C@@H]1CCCCN1c1cc(Sc2ncccn2)nc(NC(=S)NCc2ccco2)n1. The number of nitrogens with one attached hydrogen (secondary N) is 2. The average Bonchev–Trinajstić information content (AvgIpc) is 3.27. The van der Waals surface area contributed by atoms with Crippen molar-refractivity contribution in [1.82, 2.24) is 25.3 Å². The van der Waals surface area contributed by atoms with E-state index >= 15 is 0 Å². The fourth-order valence-electron chi connectivity index (χ4n) is 3.26. The van der Waals surface area contributed by atoms with Gasteiger partial charge in [-0.15, -0.1) is 0 Å². The van der Waals surface area contributed by atoms with E-state index in [4.69, 9.17) is 21.6 Å². The normalized spacial score (nSPS) is 16.3. The van der Waals surface area contributed by atoms with Crippen LogP contribution in [0.25, 0.3) is 0 Å². The van der Waals surface area contributed by atoms with Crippen LogP contribution in [-0.4, -0.2) is 37.6 Å². The van der Waals surface area contributed by atoms with E-state index in [1.54, 1.807) is 24.7 Å². The first kappa shape index (κ1) is 20.5. The topological polar surface area (TPSA) is 92.0 Å². The minimum Gasteiger partial charge on any atom is -0.467 e. The van der Waals surface area contributed by atoms with Gasteiger partial charge in [-0.25, -0.2) is 15.0 Å². The number of anilines is 2.